The molecule has 3 heterocycles. The molecule has 29 heavy (non-hydrogen) atoms. The molecule has 0 saturated carbocycles. The smallest absolute Gasteiger partial charge is 0.227 e. The van der Waals surface area contributed by atoms with Crippen molar-refractivity contribution in [3.05, 3.63) is 41.1 Å². The minimum Gasteiger partial charge on any atom is -0.372 e. The minimum absolute atomic E-state index is 0.0916. The van der Waals surface area contributed by atoms with Crippen molar-refractivity contribution in [2.45, 2.75) is 39.3 Å². The lowest BCUT2D eigenvalue weighted by Gasteiger charge is -2.29. The summed E-state index contributed by atoms with van der Waals surface area (Å²) < 4.78 is 0. The standard InChI is InChI=1S/C22H30N6O/c1-16(29)28-12-9-19-20(15-28)24-22(26(2)3)25-21(19)23-14-17-7-6-8-18(13-17)27-10-4-5-11-27/h6-8,13H,4-5,9-12,14-15H2,1-3H3,(H,23,24,25). The van der Waals surface area contributed by atoms with Gasteiger partial charge >= 0.3 is 0 Å². The van der Waals surface area contributed by atoms with Crippen LogP contribution in [0.1, 0.15) is 36.6 Å². The zero-order valence-electron chi connectivity index (χ0n) is 17.6. The molecule has 1 saturated heterocycles. The fourth-order valence-corrected chi connectivity index (χ4v) is 4.06. The molecule has 1 amide bonds. The zero-order chi connectivity index (χ0) is 20.4. The van der Waals surface area contributed by atoms with E-state index in [-0.39, 0.29) is 5.91 Å². The number of benzene rings is 1. The van der Waals surface area contributed by atoms with Crippen molar-refractivity contribution in [2.75, 3.05) is 48.8 Å². The Hall–Kier alpha value is -2.83. The first-order chi connectivity index (χ1) is 14.0. The van der Waals surface area contributed by atoms with E-state index in [0.29, 0.717) is 25.6 Å². The van der Waals surface area contributed by atoms with Crippen LogP contribution in [-0.2, 0) is 24.3 Å². The molecule has 1 fully saturated rings. The molecule has 0 unspecified atom stereocenters. The highest BCUT2D eigenvalue weighted by Crippen LogP contribution is 2.27. The number of rotatable bonds is 5. The van der Waals surface area contributed by atoms with Crippen molar-refractivity contribution in [3.8, 4) is 0 Å². The monoisotopic (exact) mass is 394 g/mol. The van der Waals surface area contributed by atoms with Crippen molar-refractivity contribution < 1.29 is 4.79 Å². The van der Waals surface area contributed by atoms with Crippen LogP contribution in [0.2, 0.25) is 0 Å². The fourth-order valence-electron chi connectivity index (χ4n) is 4.06. The molecule has 2 aliphatic heterocycles. The molecule has 4 rings (SSSR count). The largest absolute Gasteiger partial charge is 0.372 e. The number of nitrogens with zero attached hydrogens (tertiary/aromatic N) is 5. The Morgan fingerprint density at radius 1 is 1.17 bits per heavy atom. The molecule has 7 nitrogen and oxygen atoms in total. The van der Waals surface area contributed by atoms with Gasteiger partial charge in [-0.2, -0.15) is 4.98 Å². The molecule has 154 valence electrons. The first kappa shape index (κ1) is 19.5. The number of fused-ring (bicyclic) bond motifs is 1. The van der Waals surface area contributed by atoms with E-state index in [0.717, 1.165) is 36.6 Å². The van der Waals surface area contributed by atoms with Crippen LogP contribution in [-0.4, -0.2) is 54.5 Å². The van der Waals surface area contributed by atoms with Gasteiger partial charge in [0.15, 0.2) is 0 Å². The third kappa shape index (κ3) is 4.28. The normalized spacial score (nSPS) is 16.0. The first-order valence-electron chi connectivity index (χ1n) is 10.4. The Kier molecular flexibility index (Phi) is 5.56. The molecule has 0 spiro atoms. The number of carbonyl (C=O) groups is 1. The van der Waals surface area contributed by atoms with E-state index >= 15 is 0 Å². The van der Waals surface area contributed by atoms with E-state index in [4.69, 9.17) is 9.97 Å². The van der Waals surface area contributed by atoms with Gasteiger partial charge in [-0.25, -0.2) is 4.98 Å². The number of nitrogens with one attached hydrogen (secondary N) is 1. The summed E-state index contributed by atoms with van der Waals surface area (Å²) in [5.74, 6) is 1.64. The van der Waals surface area contributed by atoms with Gasteiger partial charge in [0.1, 0.15) is 5.82 Å². The Bertz CT molecular complexity index is 891. The highest BCUT2D eigenvalue weighted by Gasteiger charge is 2.24. The van der Waals surface area contributed by atoms with E-state index in [9.17, 15) is 4.79 Å². The first-order valence-corrected chi connectivity index (χ1v) is 10.4. The lowest BCUT2D eigenvalue weighted by atomic mass is 10.1. The summed E-state index contributed by atoms with van der Waals surface area (Å²) >= 11 is 0. The number of carbonyl (C=O) groups excluding carboxylic acids is 1. The molecule has 0 atom stereocenters. The predicted octanol–water partition coefficient (Wildman–Crippen LogP) is 2.66. The SMILES string of the molecule is CC(=O)N1CCc2c(nc(N(C)C)nc2NCc2cccc(N3CCCC3)c2)C1. The average Bonchev–Trinajstić information content (AvgIpc) is 3.26. The molecular formula is C22H30N6O. The lowest BCUT2D eigenvalue weighted by molar-refractivity contribution is -0.129. The second kappa shape index (κ2) is 8.27. The van der Waals surface area contributed by atoms with Gasteiger partial charge < -0.3 is 20.0 Å². The summed E-state index contributed by atoms with van der Waals surface area (Å²) in [5, 5.41) is 3.55. The van der Waals surface area contributed by atoms with Gasteiger partial charge in [-0.05, 0) is 37.0 Å². The maximum absolute atomic E-state index is 11.8. The molecule has 0 bridgehead atoms. The number of amides is 1. The van der Waals surface area contributed by atoms with Crippen molar-refractivity contribution in [1.29, 1.82) is 0 Å². The molecule has 1 aromatic heterocycles. The van der Waals surface area contributed by atoms with Gasteiger partial charge in [0, 0.05) is 58.4 Å². The summed E-state index contributed by atoms with van der Waals surface area (Å²) in [5.41, 5.74) is 4.62. The van der Waals surface area contributed by atoms with Gasteiger partial charge in [0.05, 0.1) is 12.2 Å². The van der Waals surface area contributed by atoms with Crippen LogP contribution in [0, 0.1) is 0 Å². The predicted molar refractivity (Wildman–Crippen MR) is 116 cm³/mol. The Morgan fingerprint density at radius 3 is 2.69 bits per heavy atom. The van der Waals surface area contributed by atoms with Crippen LogP contribution in [0.4, 0.5) is 17.5 Å². The summed E-state index contributed by atoms with van der Waals surface area (Å²) in [4.78, 5) is 27.5. The Labute approximate surface area is 172 Å². The summed E-state index contributed by atoms with van der Waals surface area (Å²) in [7, 11) is 3.88. The second-order valence-corrected chi connectivity index (χ2v) is 8.10. The molecular weight excluding hydrogens is 364 g/mol. The van der Waals surface area contributed by atoms with Crippen LogP contribution in [0.25, 0.3) is 0 Å². The Balaban J connectivity index is 1.55. The zero-order valence-corrected chi connectivity index (χ0v) is 17.6. The van der Waals surface area contributed by atoms with E-state index in [1.807, 2.05) is 23.9 Å². The molecule has 0 radical (unpaired) electrons. The van der Waals surface area contributed by atoms with Crippen molar-refractivity contribution in [1.82, 2.24) is 14.9 Å². The second-order valence-electron chi connectivity index (χ2n) is 8.10. The van der Waals surface area contributed by atoms with E-state index in [1.165, 1.54) is 24.1 Å². The van der Waals surface area contributed by atoms with Crippen LogP contribution in [0.5, 0.6) is 0 Å². The fraction of sp³-hybridized carbons (Fsp3) is 0.500. The number of anilines is 3. The van der Waals surface area contributed by atoms with Crippen molar-refractivity contribution >= 4 is 23.4 Å². The maximum Gasteiger partial charge on any atom is 0.227 e. The van der Waals surface area contributed by atoms with Gasteiger partial charge in [-0.1, -0.05) is 12.1 Å². The van der Waals surface area contributed by atoms with Crippen LogP contribution < -0.4 is 15.1 Å². The van der Waals surface area contributed by atoms with Crippen molar-refractivity contribution in [2.24, 2.45) is 0 Å². The topological polar surface area (TPSA) is 64.6 Å². The van der Waals surface area contributed by atoms with Crippen LogP contribution in [0.3, 0.4) is 0 Å². The molecule has 0 aliphatic carbocycles. The van der Waals surface area contributed by atoms with Crippen LogP contribution in [0.15, 0.2) is 24.3 Å². The molecule has 7 heteroatoms. The van der Waals surface area contributed by atoms with E-state index in [1.54, 1.807) is 6.92 Å². The third-order valence-corrected chi connectivity index (χ3v) is 5.74. The summed E-state index contributed by atoms with van der Waals surface area (Å²) in [6, 6.07) is 8.76. The number of hydrogen-bond donors (Lipinski definition) is 1. The van der Waals surface area contributed by atoms with Gasteiger partial charge in [0.25, 0.3) is 0 Å². The quantitative estimate of drug-likeness (QED) is 0.841. The molecule has 1 aromatic carbocycles. The van der Waals surface area contributed by atoms with Gasteiger partial charge in [-0.15, -0.1) is 0 Å². The lowest BCUT2D eigenvalue weighted by Crippen LogP contribution is -2.35. The van der Waals surface area contributed by atoms with E-state index < -0.39 is 0 Å². The molecule has 2 aliphatic rings. The number of hydrogen-bond acceptors (Lipinski definition) is 6. The van der Waals surface area contributed by atoms with E-state index in [2.05, 4.69) is 34.5 Å². The van der Waals surface area contributed by atoms with Gasteiger partial charge in [-0.3, -0.25) is 4.79 Å². The summed E-state index contributed by atoms with van der Waals surface area (Å²) in [6.45, 7) is 5.89. The summed E-state index contributed by atoms with van der Waals surface area (Å²) in [6.07, 6.45) is 3.33. The highest BCUT2D eigenvalue weighted by atomic mass is 16.2. The highest BCUT2D eigenvalue weighted by molar-refractivity contribution is 5.73. The van der Waals surface area contributed by atoms with Crippen molar-refractivity contribution in [3.63, 3.8) is 0 Å². The molecule has 2 aromatic rings. The minimum atomic E-state index is 0.0916. The third-order valence-electron chi connectivity index (χ3n) is 5.74. The molecule has 1 N–H and O–H groups in total. The number of aromatic nitrogens is 2. The van der Waals surface area contributed by atoms with Gasteiger partial charge in [0.2, 0.25) is 11.9 Å². The van der Waals surface area contributed by atoms with Crippen LogP contribution >= 0.6 is 0 Å². The Morgan fingerprint density at radius 2 is 1.97 bits per heavy atom. The maximum atomic E-state index is 11.8. The average molecular weight is 395 g/mol.